The van der Waals surface area contributed by atoms with E-state index >= 15 is 0 Å². The number of hydrogen-bond donors (Lipinski definition) is 1. The third kappa shape index (κ3) is 6.12. The molecule has 154 valence electrons. The third-order valence-electron chi connectivity index (χ3n) is 5.38. The second-order valence-corrected chi connectivity index (χ2v) is 8.06. The molecule has 6 heteroatoms. The van der Waals surface area contributed by atoms with Crippen LogP contribution >= 0.6 is 0 Å². The summed E-state index contributed by atoms with van der Waals surface area (Å²) in [7, 11) is 4.22. The van der Waals surface area contributed by atoms with Crippen LogP contribution in [0.1, 0.15) is 32.0 Å². The van der Waals surface area contributed by atoms with Gasteiger partial charge in [0, 0.05) is 38.1 Å². The summed E-state index contributed by atoms with van der Waals surface area (Å²) >= 11 is 0. The molecule has 1 aromatic heterocycles. The van der Waals surface area contributed by atoms with E-state index in [9.17, 15) is 0 Å². The lowest BCUT2D eigenvalue weighted by Gasteiger charge is -2.34. The lowest BCUT2D eigenvalue weighted by molar-refractivity contribution is 0.124. The van der Waals surface area contributed by atoms with Crippen LogP contribution in [0.25, 0.3) is 10.9 Å². The van der Waals surface area contributed by atoms with Gasteiger partial charge in [-0.05, 0) is 52.2 Å². The van der Waals surface area contributed by atoms with Gasteiger partial charge in [0.15, 0.2) is 0 Å². The highest BCUT2D eigenvalue weighted by atomic mass is 15.3. The highest BCUT2D eigenvalue weighted by Crippen LogP contribution is 2.21. The maximum Gasteiger partial charge on any atom is 0.145 e. The molecule has 1 fully saturated rings. The Bertz CT molecular complexity index is 724. The highest BCUT2D eigenvalue weighted by molar-refractivity contribution is 5.88. The van der Waals surface area contributed by atoms with Gasteiger partial charge in [-0.3, -0.25) is 4.90 Å². The van der Waals surface area contributed by atoms with E-state index in [1.165, 1.54) is 19.4 Å². The van der Waals surface area contributed by atoms with Gasteiger partial charge in [-0.25, -0.2) is 9.97 Å². The molecule has 2 aromatic rings. The van der Waals surface area contributed by atoms with Gasteiger partial charge in [0.1, 0.15) is 11.6 Å². The van der Waals surface area contributed by atoms with Crippen LogP contribution in [-0.4, -0.2) is 84.6 Å². The van der Waals surface area contributed by atoms with Gasteiger partial charge in [0.05, 0.1) is 12.1 Å². The van der Waals surface area contributed by atoms with Crippen LogP contribution in [0, 0.1) is 0 Å². The summed E-state index contributed by atoms with van der Waals surface area (Å²) in [6.07, 6.45) is 3.67. The predicted molar refractivity (Wildman–Crippen MR) is 118 cm³/mol. The molecule has 1 aromatic carbocycles. The van der Waals surface area contributed by atoms with Crippen LogP contribution < -0.4 is 5.32 Å². The number of aromatic nitrogens is 2. The third-order valence-corrected chi connectivity index (χ3v) is 5.38. The average Bonchev–Trinajstić information content (AvgIpc) is 2.70. The van der Waals surface area contributed by atoms with Gasteiger partial charge in [0.25, 0.3) is 0 Å². The number of rotatable bonds is 10. The van der Waals surface area contributed by atoms with Crippen LogP contribution in [0.2, 0.25) is 0 Å². The lowest BCUT2D eigenvalue weighted by atomic mass is 10.2. The van der Waals surface area contributed by atoms with Gasteiger partial charge in [-0.1, -0.05) is 25.5 Å². The molecule has 0 saturated carbocycles. The smallest absolute Gasteiger partial charge is 0.145 e. The van der Waals surface area contributed by atoms with Gasteiger partial charge in [-0.2, -0.15) is 0 Å². The van der Waals surface area contributed by atoms with Crippen LogP contribution in [0.15, 0.2) is 24.3 Å². The molecule has 1 aliphatic rings. The first-order valence-corrected chi connectivity index (χ1v) is 10.7. The standard InChI is InChI=1S/C22H36N6/c1-4-5-13-27-14-16-28(17-15-27)18-21-24-20-10-7-6-9-19(20)22(25-21)23-11-8-12-26(2)3/h6-7,9-10H,4-5,8,11-18H2,1-3H3,(H,23,24,25). The first-order chi connectivity index (χ1) is 13.7. The molecule has 6 nitrogen and oxygen atoms in total. The van der Waals surface area contributed by atoms with Gasteiger partial charge in [-0.15, -0.1) is 0 Å². The van der Waals surface area contributed by atoms with Crippen molar-refractivity contribution >= 4 is 16.7 Å². The van der Waals surface area contributed by atoms with Crippen LogP contribution in [0.5, 0.6) is 0 Å². The summed E-state index contributed by atoms with van der Waals surface area (Å²) < 4.78 is 0. The number of fused-ring (bicyclic) bond motifs is 1. The Hall–Kier alpha value is -1.76. The molecule has 0 spiro atoms. The second kappa shape index (κ2) is 10.7. The first-order valence-electron chi connectivity index (χ1n) is 10.7. The molecule has 0 radical (unpaired) electrons. The fourth-order valence-electron chi connectivity index (χ4n) is 3.68. The van der Waals surface area contributed by atoms with Crippen LogP contribution in [0.3, 0.4) is 0 Å². The Balaban J connectivity index is 1.63. The Morgan fingerprint density at radius 3 is 2.50 bits per heavy atom. The Labute approximate surface area is 169 Å². The summed E-state index contributed by atoms with van der Waals surface area (Å²) in [6, 6.07) is 8.32. The highest BCUT2D eigenvalue weighted by Gasteiger charge is 2.18. The molecule has 3 rings (SSSR count). The van der Waals surface area contributed by atoms with Crippen molar-refractivity contribution in [3.63, 3.8) is 0 Å². The number of unbranched alkanes of at least 4 members (excludes halogenated alkanes) is 1. The summed E-state index contributed by atoms with van der Waals surface area (Å²) in [6.45, 7) is 10.8. The molecule has 0 unspecified atom stereocenters. The molecule has 0 bridgehead atoms. The number of hydrogen-bond acceptors (Lipinski definition) is 6. The number of nitrogens with one attached hydrogen (secondary N) is 1. The predicted octanol–water partition coefficient (Wildman–Crippen LogP) is 2.91. The molecule has 2 heterocycles. The van der Waals surface area contributed by atoms with Crippen molar-refractivity contribution in [3.05, 3.63) is 30.1 Å². The molecule has 0 aliphatic carbocycles. The number of piperazine rings is 1. The zero-order valence-electron chi connectivity index (χ0n) is 17.8. The van der Waals surface area contributed by atoms with E-state index in [2.05, 4.69) is 65.3 Å². The van der Waals surface area contributed by atoms with E-state index in [1.54, 1.807) is 0 Å². The molecule has 1 N–H and O–H groups in total. The molecule has 1 saturated heterocycles. The van der Waals surface area contributed by atoms with E-state index in [-0.39, 0.29) is 0 Å². The summed E-state index contributed by atoms with van der Waals surface area (Å²) in [5.41, 5.74) is 1.03. The molecule has 0 atom stereocenters. The van der Waals surface area contributed by atoms with Crippen molar-refractivity contribution in [1.29, 1.82) is 0 Å². The van der Waals surface area contributed by atoms with E-state index in [1.807, 2.05) is 0 Å². The maximum absolute atomic E-state index is 4.89. The van der Waals surface area contributed by atoms with E-state index in [0.717, 1.165) is 74.8 Å². The molecule has 28 heavy (non-hydrogen) atoms. The molecule has 0 amide bonds. The van der Waals surface area contributed by atoms with E-state index in [4.69, 9.17) is 9.97 Å². The number of nitrogens with zero attached hydrogens (tertiary/aromatic N) is 5. The monoisotopic (exact) mass is 384 g/mol. The van der Waals surface area contributed by atoms with Crippen molar-refractivity contribution in [2.24, 2.45) is 0 Å². The van der Waals surface area contributed by atoms with E-state index in [0.29, 0.717) is 0 Å². The van der Waals surface area contributed by atoms with Gasteiger partial charge >= 0.3 is 0 Å². The number of anilines is 1. The fraction of sp³-hybridized carbons (Fsp3) is 0.636. The van der Waals surface area contributed by atoms with Crippen molar-refractivity contribution in [2.45, 2.75) is 32.7 Å². The zero-order chi connectivity index (χ0) is 19.8. The first kappa shape index (κ1) is 21.0. The van der Waals surface area contributed by atoms with Crippen molar-refractivity contribution in [3.8, 4) is 0 Å². The average molecular weight is 385 g/mol. The summed E-state index contributed by atoms with van der Waals surface area (Å²) in [5.74, 6) is 1.90. The Morgan fingerprint density at radius 1 is 1.00 bits per heavy atom. The topological polar surface area (TPSA) is 47.5 Å². The quantitative estimate of drug-likeness (QED) is 0.636. The minimum Gasteiger partial charge on any atom is -0.369 e. The van der Waals surface area contributed by atoms with Crippen molar-refractivity contribution in [1.82, 2.24) is 24.7 Å². The van der Waals surface area contributed by atoms with Crippen molar-refractivity contribution < 1.29 is 0 Å². The molecular formula is C22H36N6. The van der Waals surface area contributed by atoms with Crippen LogP contribution in [0.4, 0.5) is 5.82 Å². The summed E-state index contributed by atoms with van der Waals surface area (Å²) in [4.78, 5) is 17.0. The normalized spacial score (nSPS) is 16.1. The maximum atomic E-state index is 4.89. The lowest BCUT2D eigenvalue weighted by Crippen LogP contribution is -2.46. The fourth-order valence-corrected chi connectivity index (χ4v) is 3.68. The van der Waals surface area contributed by atoms with E-state index < -0.39 is 0 Å². The van der Waals surface area contributed by atoms with Gasteiger partial charge < -0.3 is 15.1 Å². The SMILES string of the molecule is CCCCN1CCN(Cc2nc(NCCCN(C)C)c3ccccc3n2)CC1. The Kier molecular flexibility index (Phi) is 8.01. The van der Waals surface area contributed by atoms with Gasteiger partial charge in [0.2, 0.25) is 0 Å². The Morgan fingerprint density at radius 2 is 1.75 bits per heavy atom. The van der Waals surface area contributed by atoms with Crippen molar-refractivity contribution in [2.75, 3.05) is 65.2 Å². The molecular weight excluding hydrogens is 348 g/mol. The summed E-state index contributed by atoms with van der Waals surface area (Å²) in [5, 5.41) is 4.66. The number of benzene rings is 1. The second-order valence-electron chi connectivity index (χ2n) is 8.06. The zero-order valence-corrected chi connectivity index (χ0v) is 17.8. The molecule has 1 aliphatic heterocycles. The minimum atomic E-state index is 0.832. The van der Waals surface area contributed by atoms with Crippen LogP contribution in [-0.2, 0) is 6.54 Å². The minimum absolute atomic E-state index is 0.832. The number of para-hydroxylation sites is 1. The largest absolute Gasteiger partial charge is 0.369 e.